The molecule has 1 N–H and O–H groups in total. The molecule has 0 bridgehead atoms. The van der Waals surface area contributed by atoms with Gasteiger partial charge in [-0.25, -0.2) is 0 Å². The third-order valence-corrected chi connectivity index (χ3v) is 3.20. The molecule has 0 saturated carbocycles. The largest absolute Gasteiger partial charge is 0.481 e. The summed E-state index contributed by atoms with van der Waals surface area (Å²) in [4.78, 5) is 26.3. The van der Waals surface area contributed by atoms with Gasteiger partial charge in [-0.15, -0.1) is 0 Å². The summed E-state index contributed by atoms with van der Waals surface area (Å²) in [5.41, 5.74) is 0. The Morgan fingerprint density at radius 1 is 1.06 bits per heavy atom. The van der Waals surface area contributed by atoms with E-state index in [4.69, 9.17) is 5.11 Å². The van der Waals surface area contributed by atoms with E-state index in [9.17, 15) is 9.59 Å². The number of nitrogens with zero attached hydrogens (tertiary/aromatic N) is 2. The van der Waals surface area contributed by atoms with Gasteiger partial charge in [0.15, 0.2) is 0 Å². The quantitative estimate of drug-likeness (QED) is 0.700. The Balaban J connectivity index is 2.14. The Morgan fingerprint density at radius 2 is 1.65 bits per heavy atom. The van der Waals surface area contributed by atoms with Gasteiger partial charge in [0.05, 0.1) is 0 Å². The van der Waals surface area contributed by atoms with Gasteiger partial charge in [0.25, 0.3) is 0 Å². The maximum atomic E-state index is 11.8. The summed E-state index contributed by atoms with van der Waals surface area (Å²) < 4.78 is 0. The van der Waals surface area contributed by atoms with Gasteiger partial charge < -0.3 is 14.9 Å². The monoisotopic (exact) mass is 242 g/mol. The number of likely N-dealkylation sites (N-methyl/N-ethyl adjacent to an activating group) is 1. The molecule has 1 rings (SSSR count). The molecule has 5 heteroatoms. The molecule has 0 spiro atoms. The number of carbonyl (C=O) groups excluding carboxylic acids is 1. The molecule has 0 atom stereocenters. The zero-order chi connectivity index (χ0) is 12.7. The van der Waals surface area contributed by atoms with Crippen molar-refractivity contribution < 1.29 is 14.7 Å². The number of rotatable bonds is 6. The second-order valence-corrected chi connectivity index (χ2v) is 4.42. The fourth-order valence-electron chi connectivity index (χ4n) is 2.02. The van der Waals surface area contributed by atoms with Crippen LogP contribution in [0.4, 0.5) is 0 Å². The van der Waals surface area contributed by atoms with Crippen molar-refractivity contribution in [2.24, 2.45) is 0 Å². The van der Waals surface area contributed by atoms with E-state index >= 15 is 0 Å². The number of carboxylic acids is 1. The maximum absolute atomic E-state index is 11.8. The average molecular weight is 242 g/mol. The van der Waals surface area contributed by atoms with Crippen LogP contribution < -0.4 is 0 Å². The lowest BCUT2D eigenvalue weighted by atomic mass is 10.1. The zero-order valence-corrected chi connectivity index (χ0v) is 10.5. The summed E-state index contributed by atoms with van der Waals surface area (Å²) in [5, 5.41) is 8.48. The first kappa shape index (κ1) is 14.0. The lowest BCUT2D eigenvalue weighted by Gasteiger charge is -2.34. The molecular formula is C12H22N2O3. The molecule has 1 aliphatic heterocycles. The maximum Gasteiger partial charge on any atom is 0.303 e. The first-order valence-electron chi connectivity index (χ1n) is 6.35. The standard InChI is InChI=1S/C12H22N2O3/c1-2-13-7-9-14(10-8-13)11(15)5-3-4-6-12(16)17/h2-10H2,1H3,(H,16,17). The van der Waals surface area contributed by atoms with E-state index in [1.165, 1.54) is 0 Å². The lowest BCUT2D eigenvalue weighted by Crippen LogP contribution is -2.48. The topological polar surface area (TPSA) is 60.9 Å². The molecular weight excluding hydrogens is 220 g/mol. The number of carboxylic acid groups (broad SMARTS) is 1. The summed E-state index contributed by atoms with van der Waals surface area (Å²) in [6.07, 6.45) is 1.92. The third-order valence-electron chi connectivity index (χ3n) is 3.20. The van der Waals surface area contributed by atoms with Crippen LogP contribution in [0.3, 0.4) is 0 Å². The molecule has 0 aliphatic carbocycles. The van der Waals surface area contributed by atoms with Crippen LogP contribution in [0.2, 0.25) is 0 Å². The predicted octanol–water partition coefficient (Wildman–Crippen LogP) is 0.795. The van der Waals surface area contributed by atoms with Crippen LogP contribution in [0.1, 0.15) is 32.6 Å². The molecule has 17 heavy (non-hydrogen) atoms. The van der Waals surface area contributed by atoms with Crippen molar-refractivity contribution in [2.45, 2.75) is 32.6 Å². The van der Waals surface area contributed by atoms with Gasteiger partial charge in [0, 0.05) is 39.0 Å². The Hall–Kier alpha value is -1.10. The molecule has 0 aromatic heterocycles. The normalized spacial score (nSPS) is 17.1. The molecule has 1 heterocycles. The first-order valence-corrected chi connectivity index (χ1v) is 6.35. The minimum Gasteiger partial charge on any atom is -0.481 e. The highest BCUT2D eigenvalue weighted by Crippen LogP contribution is 2.07. The molecule has 1 saturated heterocycles. The molecule has 0 aromatic carbocycles. The van der Waals surface area contributed by atoms with Gasteiger partial charge in [-0.3, -0.25) is 9.59 Å². The molecule has 0 radical (unpaired) electrons. The fourth-order valence-corrected chi connectivity index (χ4v) is 2.02. The highest BCUT2D eigenvalue weighted by atomic mass is 16.4. The van der Waals surface area contributed by atoms with Gasteiger partial charge in [-0.05, 0) is 19.4 Å². The summed E-state index contributed by atoms with van der Waals surface area (Å²) in [6, 6.07) is 0. The van der Waals surface area contributed by atoms with Crippen molar-refractivity contribution >= 4 is 11.9 Å². The molecule has 0 aromatic rings. The minimum atomic E-state index is -0.783. The molecule has 1 aliphatic rings. The van der Waals surface area contributed by atoms with E-state index < -0.39 is 5.97 Å². The van der Waals surface area contributed by atoms with Crippen molar-refractivity contribution in [1.82, 2.24) is 9.80 Å². The van der Waals surface area contributed by atoms with Crippen LogP contribution in [0.25, 0.3) is 0 Å². The number of hydrogen-bond acceptors (Lipinski definition) is 3. The summed E-state index contributed by atoms with van der Waals surface area (Å²) in [6.45, 7) is 6.70. The molecule has 5 nitrogen and oxygen atoms in total. The number of hydrogen-bond donors (Lipinski definition) is 1. The Bertz CT molecular complexity index is 260. The number of piperazine rings is 1. The number of aliphatic carboxylic acids is 1. The lowest BCUT2D eigenvalue weighted by molar-refractivity contribution is -0.138. The smallest absolute Gasteiger partial charge is 0.303 e. The minimum absolute atomic E-state index is 0.164. The Labute approximate surface area is 102 Å². The summed E-state index contributed by atoms with van der Waals surface area (Å²) >= 11 is 0. The average Bonchev–Trinajstić information content (AvgIpc) is 2.34. The zero-order valence-electron chi connectivity index (χ0n) is 10.5. The Kier molecular flexibility index (Phi) is 5.97. The van der Waals surface area contributed by atoms with Crippen molar-refractivity contribution in [3.8, 4) is 0 Å². The van der Waals surface area contributed by atoms with Gasteiger partial charge in [-0.1, -0.05) is 6.92 Å². The number of carbonyl (C=O) groups is 2. The number of unbranched alkanes of at least 4 members (excludes halogenated alkanes) is 1. The van der Waals surface area contributed by atoms with E-state index in [0.717, 1.165) is 32.7 Å². The highest BCUT2D eigenvalue weighted by Gasteiger charge is 2.19. The van der Waals surface area contributed by atoms with Crippen LogP contribution >= 0.6 is 0 Å². The van der Waals surface area contributed by atoms with Crippen LogP contribution in [-0.4, -0.2) is 59.5 Å². The van der Waals surface area contributed by atoms with Gasteiger partial charge in [-0.2, -0.15) is 0 Å². The van der Waals surface area contributed by atoms with E-state index in [2.05, 4.69) is 11.8 Å². The van der Waals surface area contributed by atoms with E-state index in [1.54, 1.807) is 0 Å². The van der Waals surface area contributed by atoms with E-state index in [1.807, 2.05) is 4.90 Å². The van der Waals surface area contributed by atoms with Crippen molar-refractivity contribution in [2.75, 3.05) is 32.7 Å². The van der Waals surface area contributed by atoms with E-state index in [0.29, 0.717) is 19.3 Å². The van der Waals surface area contributed by atoms with Gasteiger partial charge in [0.1, 0.15) is 0 Å². The van der Waals surface area contributed by atoms with Crippen LogP contribution in [0.15, 0.2) is 0 Å². The molecule has 1 amide bonds. The van der Waals surface area contributed by atoms with Crippen molar-refractivity contribution in [3.05, 3.63) is 0 Å². The molecule has 98 valence electrons. The third kappa shape index (κ3) is 5.17. The summed E-state index contributed by atoms with van der Waals surface area (Å²) in [7, 11) is 0. The van der Waals surface area contributed by atoms with Crippen LogP contribution in [0.5, 0.6) is 0 Å². The second-order valence-electron chi connectivity index (χ2n) is 4.42. The SMILES string of the molecule is CCN1CCN(C(=O)CCCCC(=O)O)CC1. The summed E-state index contributed by atoms with van der Waals surface area (Å²) in [5.74, 6) is -0.611. The molecule has 1 fully saturated rings. The number of amides is 1. The fraction of sp³-hybridized carbons (Fsp3) is 0.833. The molecule has 0 unspecified atom stereocenters. The highest BCUT2D eigenvalue weighted by molar-refractivity contribution is 5.76. The second kappa shape index (κ2) is 7.27. The Morgan fingerprint density at radius 3 is 2.18 bits per heavy atom. The predicted molar refractivity (Wildman–Crippen MR) is 64.8 cm³/mol. The van der Waals surface area contributed by atoms with Crippen LogP contribution in [0, 0.1) is 0 Å². The first-order chi connectivity index (χ1) is 8.13. The van der Waals surface area contributed by atoms with Crippen molar-refractivity contribution in [1.29, 1.82) is 0 Å². The van der Waals surface area contributed by atoms with E-state index in [-0.39, 0.29) is 12.3 Å². The van der Waals surface area contributed by atoms with Gasteiger partial charge in [0.2, 0.25) is 5.91 Å². The van der Waals surface area contributed by atoms with Crippen LogP contribution in [-0.2, 0) is 9.59 Å². The van der Waals surface area contributed by atoms with Crippen molar-refractivity contribution in [3.63, 3.8) is 0 Å². The van der Waals surface area contributed by atoms with Gasteiger partial charge >= 0.3 is 5.97 Å².